The van der Waals surface area contributed by atoms with Crippen LogP contribution in [0.25, 0.3) is 22.7 Å². The van der Waals surface area contributed by atoms with E-state index < -0.39 is 5.97 Å². The first-order chi connectivity index (χ1) is 28.7. The van der Waals surface area contributed by atoms with Crippen LogP contribution in [0.1, 0.15) is 44.9 Å². The number of hydrogen-bond acceptors (Lipinski definition) is 13. The molecular formula is C40H42N16O3. The van der Waals surface area contributed by atoms with E-state index in [1.54, 1.807) is 46.7 Å². The first kappa shape index (κ1) is 38.3. The number of benzene rings is 2. The lowest BCUT2D eigenvalue weighted by molar-refractivity contribution is 0.0689. The van der Waals surface area contributed by atoms with E-state index in [2.05, 4.69) is 55.7 Å². The van der Waals surface area contributed by atoms with Crippen molar-refractivity contribution in [3.05, 3.63) is 133 Å². The highest BCUT2D eigenvalue weighted by atomic mass is 16.4. The Bertz CT molecular complexity index is 2720. The monoisotopic (exact) mass is 794 g/mol. The molecular weight excluding hydrogens is 753 g/mol. The predicted molar refractivity (Wildman–Crippen MR) is 218 cm³/mol. The number of carboxylic acid groups (broad SMARTS) is 1. The maximum Gasteiger partial charge on any atom is 0.356 e. The van der Waals surface area contributed by atoms with Crippen molar-refractivity contribution in [3.8, 4) is 11.4 Å². The van der Waals surface area contributed by atoms with Gasteiger partial charge in [-0.2, -0.15) is 10.2 Å². The van der Waals surface area contributed by atoms with Crippen molar-refractivity contribution in [2.24, 2.45) is 5.73 Å². The summed E-state index contributed by atoms with van der Waals surface area (Å²) in [4.78, 5) is 36.4. The van der Waals surface area contributed by atoms with Crippen LogP contribution in [0.4, 0.5) is 11.6 Å². The van der Waals surface area contributed by atoms with Gasteiger partial charge in [-0.25, -0.2) is 24.1 Å². The standard InChI is InChI=1S/C20H20N8O.C11H10N2O2.C9H12N6/c1-14-4-2-3-5-17(14)28-10-7-16(25-28)20(29)23-15-6-9-26(12-15)18-19-24-22-13-27(19)11-8-21-18;1-8-4-2-3-5-10(8)13-7-6-9(12-13)11(14)15;10-7-1-3-14(5-7)8-9-13-12-6-15(9)4-2-11-8/h2-5,7-8,10-11,13,15H,6,9,12H2,1H3,(H,23,29);2-7H,1H3,(H,14,15);2,4,6-7H,1,3,5,10H2/t15-;;7-/m0.0/s1. The summed E-state index contributed by atoms with van der Waals surface area (Å²) < 4.78 is 7.01. The number of carbonyl (C=O) groups is 2. The topological polar surface area (TPSA) is 221 Å². The summed E-state index contributed by atoms with van der Waals surface area (Å²) in [6, 6.07) is 19.1. The van der Waals surface area contributed by atoms with E-state index in [0.29, 0.717) is 12.2 Å². The van der Waals surface area contributed by atoms with Crippen LogP contribution in [-0.2, 0) is 0 Å². The molecule has 0 aliphatic carbocycles. The number of nitrogens with two attached hydrogens (primary N) is 1. The molecule has 19 nitrogen and oxygen atoms in total. The lowest BCUT2D eigenvalue weighted by Gasteiger charge is -2.17. The third-order valence-electron chi connectivity index (χ3n) is 10.1. The first-order valence-electron chi connectivity index (χ1n) is 19.0. The maximum atomic E-state index is 12.7. The number of aromatic nitrogens is 12. The van der Waals surface area contributed by atoms with E-state index in [-0.39, 0.29) is 23.7 Å². The Hall–Kier alpha value is -7.54. The predicted octanol–water partition coefficient (Wildman–Crippen LogP) is 3.17. The Morgan fingerprint density at radius 1 is 0.695 bits per heavy atom. The van der Waals surface area contributed by atoms with Gasteiger partial charge in [0.15, 0.2) is 23.0 Å². The van der Waals surface area contributed by atoms with Gasteiger partial charge in [-0.3, -0.25) is 13.6 Å². The minimum atomic E-state index is -1.01. The number of aryl methyl sites for hydroxylation is 2. The Labute approximate surface area is 337 Å². The average molecular weight is 795 g/mol. The number of nitrogens with zero attached hydrogens (tertiary/aromatic N) is 14. The average Bonchev–Trinajstić information content (AvgIpc) is 4.10. The van der Waals surface area contributed by atoms with Crippen molar-refractivity contribution in [1.82, 2.24) is 64.0 Å². The van der Waals surface area contributed by atoms with Crippen LogP contribution in [-0.4, -0.2) is 114 Å². The number of hydrogen-bond donors (Lipinski definition) is 3. The molecule has 0 unspecified atom stereocenters. The zero-order chi connectivity index (χ0) is 40.9. The Balaban J connectivity index is 0.000000136. The Morgan fingerprint density at radius 2 is 1.22 bits per heavy atom. The molecule has 2 aliphatic heterocycles. The van der Waals surface area contributed by atoms with Crippen molar-refractivity contribution >= 4 is 34.8 Å². The molecule has 59 heavy (non-hydrogen) atoms. The number of aromatic carboxylic acids is 1. The molecule has 6 aromatic heterocycles. The van der Waals surface area contributed by atoms with Crippen molar-refractivity contribution in [3.63, 3.8) is 0 Å². The Kier molecular flexibility index (Phi) is 11.0. The molecule has 1 amide bonds. The summed E-state index contributed by atoms with van der Waals surface area (Å²) in [5.41, 5.74) is 11.9. The number of para-hydroxylation sites is 2. The SMILES string of the molecule is Cc1ccccc1-n1ccc(C(=O)N[C@H]2CCN(c3nccn4cnnc34)C2)n1.Cc1ccccc1-n1ccc(C(=O)O)n1.N[C@H]1CCN(c2nccn3cnnc23)C1. The van der Waals surface area contributed by atoms with Crippen LogP contribution < -0.4 is 20.9 Å². The molecule has 8 aromatic rings. The highest BCUT2D eigenvalue weighted by molar-refractivity contribution is 5.92. The fourth-order valence-corrected chi connectivity index (χ4v) is 7.04. The number of anilines is 2. The summed E-state index contributed by atoms with van der Waals surface area (Å²) in [5.74, 6) is 0.480. The van der Waals surface area contributed by atoms with Crippen LogP contribution in [0.3, 0.4) is 0 Å². The minimum absolute atomic E-state index is 0.0242. The van der Waals surface area contributed by atoms with Crippen LogP contribution >= 0.6 is 0 Å². The first-order valence-corrected chi connectivity index (χ1v) is 19.0. The quantitative estimate of drug-likeness (QED) is 0.211. The highest BCUT2D eigenvalue weighted by Crippen LogP contribution is 2.23. The fourth-order valence-electron chi connectivity index (χ4n) is 7.04. The van der Waals surface area contributed by atoms with Crippen LogP contribution in [0.2, 0.25) is 0 Å². The molecule has 2 fully saturated rings. The molecule has 19 heteroatoms. The fraction of sp³-hybridized carbons (Fsp3) is 0.250. The molecule has 8 heterocycles. The van der Waals surface area contributed by atoms with Gasteiger partial charge < -0.3 is 26.0 Å². The zero-order valence-corrected chi connectivity index (χ0v) is 32.4. The van der Waals surface area contributed by atoms with E-state index in [9.17, 15) is 9.59 Å². The zero-order valence-electron chi connectivity index (χ0n) is 32.4. The van der Waals surface area contributed by atoms with Gasteiger partial charge >= 0.3 is 5.97 Å². The molecule has 0 bridgehead atoms. The van der Waals surface area contributed by atoms with Gasteiger partial charge in [0.1, 0.15) is 12.7 Å². The van der Waals surface area contributed by atoms with Crippen molar-refractivity contribution in [2.75, 3.05) is 36.0 Å². The molecule has 0 radical (unpaired) electrons. The van der Waals surface area contributed by atoms with Crippen molar-refractivity contribution in [2.45, 2.75) is 38.8 Å². The second-order valence-corrected chi connectivity index (χ2v) is 14.2. The molecule has 2 atom stereocenters. The largest absolute Gasteiger partial charge is 0.476 e. The normalized spacial score (nSPS) is 16.1. The van der Waals surface area contributed by atoms with Crippen molar-refractivity contribution < 1.29 is 14.7 Å². The van der Waals surface area contributed by atoms with Crippen LogP contribution in [0, 0.1) is 13.8 Å². The van der Waals surface area contributed by atoms with E-state index in [1.165, 1.54) is 6.07 Å². The maximum absolute atomic E-state index is 12.7. The molecule has 300 valence electrons. The molecule has 10 rings (SSSR count). The summed E-state index contributed by atoms with van der Waals surface area (Å²) in [6.45, 7) is 7.23. The minimum Gasteiger partial charge on any atom is -0.476 e. The summed E-state index contributed by atoms with van der Waals surface area (Å²) in [6.07, 6.45) is 15.8. The van der Waals surface area contributed by atoms with E-state index in [0.717, 1.165) is 77.9 Å². The number of nitrogens with one attached hydrogen (secondary N) is 1. The number of carbonyl (C=O) groups excluding carboxylic acids is 1. The van der Waals surface area contributed by atoms with Gasteiger partial charge in [0.05, 0.1) is 11.4 Å². The Morgan fingerprint density at radius 3 is 1.75 bits per heavy atom. The molecule has 2 saturated heterocycles. The van der Waals surface area contributed by atoms with Gasteiger partial charge in [-0.15, -0.1) is 20.4 Å². The smallest absolute Gasteiger partial charge is 0.356 e. The van der Waals surface area contributed by atoms with Crippen molar-refractivity contribution in [1.29, 1.82) is 0 Å². The van der Waals surface area contributed by atoms with Gasteiger partial charge in [-0.1, -0.05) is 36.4 Å². The lowest BCUT2D eigenvalue weighted by atomic mass is 10.2. The van der Waals surface area contributed by atoms with Gasteiger partial charge in [0.25, 0.3) is 5.91 Å². The van der Waals surface area contributed by atoms with Crippen LogP contribution in [0.5, 0.6) is 0 Å². The summed E-state index contributed by atoms with van der Waals surface area (Å²) in [7, 11) is 0. The molecule has 0 spiro atoms. The number of carboxylic acids is 1. The molecule has 4 N–H and O–H groups in total. The third-order valence-corrected chi connectivity index (χ3v) is 10.1. The lowest BCUT2D eigenvalue weighted by Crippen LogP contribution is -2.37. The highest BCUT2D eigenvalue weighted by Gasteiger charge is 2.28. The second-order valence-electron chi connectivity index (χ2n) is 14.2. The number of fused-ring (bicyclic) bond motifs is 2. The number of amides is 1. The van der Waals surface area contributed by atoms with Gasteiger partial charge in [0.2, 0.25) is 11.3 Å². The third kappa shape index (κ3) is 8.44. The summed E-state index contributed by atoms with van der Waals surface area (Å²) >= 11 is 0. The number of rotatable bonds is 7. The van der Waals surface area contributed by atoms with E-state index in [4.69, 9.17) is 10.8 Å². The van der Waals surface area contributed by atoms with E-state index >= 15 is 0 Å². The molecule has 0 saturated carbocycles. The summed E-state index contributed by atoms with van der Waals surface area (Å²) in [5, 5.41) is 36.2. The second kappa shape index (κ2) is 16.9. The van der Waals surface area contributed by atoms with Gasteiger partial charge in [0, 0.05) is 75.4 Å². The van der Waals surface area contributed by atoms with Gasteiger partial charge in [-0.05, 0) is 62.1 Å². The molecule has 2 aromatic carbocycles. The van der Waals surface area contributed by atoms with Crippen LogP contribution in [0.15, 0.2) is 110 Å². The molecule has 2 aliphatic rings. The van der Waals surface area contributed by atoms with E-state index in [1.807, 2.05) is 89.8 Å².